The van der Waals surface area contributed by atoms with E-state index in [4.69, 9.17) is 21.3 Å². The van der Waals surface area contributed by atoms with Crippen LogP contribution in [0.5, 0.6) is 0 Å². The van der Waals surface area contributed by atoms with E-state index in [1.54, 1.807) is 30.0 Å². The first-order valence-corrected chi connectivity index (χ1v) is 7.50. The summed E-state index contributed by atoms with van der Waals surface area (Å²) in [5, 5.41) is 12.6. The third-order valence-corrected chi connectivity index (χ3v) is 3.46. The highest BCUT2D eigenvalue weighted by Crippen LogP contribution is 2.24. The molecule has 3 nitrogen and oxygen atoms in total. The zero-order chi connectivity index (χ0) is 13.7. The number of rotatable bonds is 5. The molecule has 1 heterocycles. The van der Waals surface area contributed by atoms with Gasteiger partial charge in [-0.2, -0.15) is 17.0 Å². The van der Waals surface area contributed by atoms with Gasteiger partial charge in [0.15, 0.2) is 0 Å². The number of anilines is 1. The standard InChI is InChI=1S/C14H13ClN2OS/c1-19-9-12-4-3-11(18-12)8-17-14-6-10(7-16)2-5-13(14)15/h2-6,17H,8-9H2,1H3. The van der Waals surface area contributed by atoms with E-state index in [1.165, 1.54) is 0 Å². The Morgan fingerprint density at radius 3 is 2.84 bits per heavy atom. The summed E-state index contributed by atoms with van der Waals surface area (Å²) in [6.45, 7) is 0.545. The van der Waals surface area contributed by atoms with Gasteiger partial charge in [-0.25, -0.2) is 0 Å². The first-order valence-electron chi connectivity index (χ1n) is 5.73. The number of hydrogen-bond acceptors (Lipinski definition) is 4. The van der Waals surface area contributed by atoms with E-state index < -0.39 is 0 Å². The minimum absolute atomic E-state index is 0.545. The lowest BCUT2D eigenvalue weighted by Crippen LogP contribution is -1.99. The van der Waals surface area contributed by atoms with Crippen LogP contribution in [-0.4, -0.2) is 6.26 Å². The van der Waals surface area contributed by atoms with Gasteiger partial charge in [0.25, 0.3) is 0 Å². The molecule has 0 atom stereocenters. The predicted molar refractivity (Wildman–Crippen MR) is 79.4 cm³/mol. The quantitative estimate of drug-likeness (QED) is 0.893. The number of hydrogen-bond donors (Lipinski definition) is 1. The van der Waals surface area contributed by atoms with Gasteiger partial charge >= 0.3 is 0 Å². The van der Waals surface area contributed by atoms with Crippen molar-refractivity contribution in [2.24, 2.45) is 0 Å². The summed E-state index contributed by atoms with van der Waals surface area (Å²) in [4.78, 5) is 0. The van der Waals surface area contributed by atoms with Crippen LogP contribution in [0.4, 0.5) is 5.69 Å². The second-order valence-corrected chi connectivity index (χ2v) is 5.23. The Balaban J connectivity index is 2.03. The molecular weight excluding hydrogens is 280 g/mol. The normalized spacial score (nSPS) is 10.2. The third kappa shape index (κ3) is 3.69. The Morgan fingerprint density at radius 2 is 2.11 bits per heavy atom. The Hall–Kier alpha value is -1.57. The zero-order valence-electron chi connectivity index (χ0n) is 10.4. The molecule has 1 aromatic carbocycles. The van der Waals surface area contributed by atoms with Crippen molar-refractivity contribution in [1.82, 2.24) is 0 Å². The van der Waals surface area contributed by atoms with Crippen molar-refractivity contribution < 1.29 is 4.42 Å². The van der Waals surface area contributed by atoms with Gasteiger partial charge in [-0.3, -0.25) is 0 Å². The number of thioether (sulfide) groups is 1. The highest BCUT2D eigenvalue weighted by atomic mass is 35.5. The topological polar surface area (TPSA) is 49.0 Å². The van der Waals surface area contributed by atoms with Crippen molar-refractivity contribution in [3.63, 3.8) is 0 Å². The average Bonchev–Trinajstić information content (AvgIpc) is 2.86. The maximum atomic E-state index is 8.86. The Labute approximate surface area is 121 Å². The number of furan rings is 1. The van der Waals surface area contributed by atoms with Crippen LogP contribution in [0.3, 0.4) is 0 Å². The summed E-state index contributed by atoms with van der Waals surface area (Å²) in [5.41, 5.74) is 1.32. The number of nitriles is 1. The van der Waals surface area contributed by atoms with Gasteiger partial charge in [-0.15, -0.1) is 0 Å². The van der Waals surface area contributed by atoms with Crippen LogP contribution in [0, 0.1) is 11.3 Å². The molecule has 0 unspecified atom stereocenters. The van der Waals surface area contributed by atoms with Gasteiger partial charge in [-0.05, 0) is 36.6 Å². The van der Waals surface area contributed by atoms with Crippen LogP contribution < -0.4 is 5.32 Å². The molecule has 0 saturated heterocycles. The molecule has 0 aliphatic carbocycles. The van der Waals surface area contributed by atoms with E-state index in [9.17, 15) is 0 Å². The number of benzene rings is 1. The van der Waals surface area contributed by atoms with E-state index >= 15 is 0 Å². The van der Waals surface area contributed by atoms with Gasteiger partial charge in [0.1, 0.15) is 11.5 Å². The molecule has 1 N–H and O–H groups in total. The summed E-state index contributed by atoms with van der Waals surface area (Å²) in [6, 6.07) is 11.1. The molecule has 0 fully saturated rings. The first-order chi connectivity index (χ1) is 9.22. The Morgan fingerprint density at radius 1 is 1.32 bits per heavy atom. The molecule has 1 aromatic heterocycles. The summed E-state index contributed by atoms with van der Waals surface area (Å²) in [6.07, 6.45) is 2.04. The van der Waals surface area contributed by atoms with Crippen LogP contribution in [0.2, 0.25) is 5.02 Å². The van der Waals surface area contributed by atoms with E-state index in [0.717, 1.165) is 23.0 Å². The molecule has 2 aromatic rings. The molecule has 0 amide bonds. The smallest absolute Gasteiger partial charge is 0.123 e. The van der Waals surface area contributed by atoms with Crippen molar-refractivity contribution in [2.75, 3.05) is 11.6 Å². The highest BCUT2D eigenvalue weighted by Gasteiger charge is 2.04. The fourth-order valence-electron chi connectivity index (χ4n) is 1.65. The second kappa shape index (κ2) is 6.55. The molecule has 0 bridgehead atoms. The molecule has 0 aliphatic heterocycles. The Bertz CT molecular complexity index is 604. The summed E-state index contributed by atoms with van der Waals surface area (Å²) < 4.78 is 5.65. The molecular formula is C14H13ClN2OS. The van der Waals surface area contributed by atoms with Crippen LogP contribution in [0.15, 0.2) is 34.7 Å². The lowest BCUT2D eigenvalue weighted by atomic mass is 10.2. The van der Waals surface area contributed by atoms with Crippen molar-refractivity contribution in [1.29, 1.82) is 5.26 Å². The van der Waals surface area contributed by atoms with Gasteiger partial charge in [-0.1, -0.05) is 11.6 Å². The van der Waals surface area contributed by atoms with Crippen molar-refractivity contribution in [2.45, 2.75) is 12.3 Å². The number of nitrogens with one attached hydrogen (secondary N) is 1. The molecule has 2 rings (SSSR count). The van der Waals surface area contributed by atoms with Crippen LogP contribution >= 0.6 is 23.4 Å². The summed E-state index contributed by atoms with van der Waals surface area (Å²) in [5.74, 6) is 2.67. The zero-order valence-corrected chi connectivity index (χ0v) is 12.0. The van der Waals surface area contributed by atoms with Crippen LogP contribution in [0.1, 0.15) is 17.1 Å². The molecule has 5 heteroatoms. The van der Waals surface area contributed by atoms with Crippen LogP contribution in [-0.2, 0) is 12.3 Å². The predicted octanol–water partition coefficient (Wildman–Crippen LogP) is 4.28. The van der Waals surface area contributed by atoms with E-state index in [0.29, 0.717) is 17.1 Å². The molecule has 98 valence electrons. The maximum absolute atomic E-state index is 8.86. The van der Waals surface area contributed by atoms with Crippen molar-refractivity contribution in [3.8, 4) is 6.07 Å². The fraction of sp³-hybridized carbons (Fsp3) is 0.214. The van der Waals surface area contributed by atoms with Gasteiger partial charge in [0.05, 0.1) is 34.6 Å². The minimum Gasteiger partial charge on any atom is -0.463 e. The average molecular weight is 293 g/mol. The summed E-state index contributed by atoms with van der Waals surface area (Å²) >= 11 is 7.79. The molecule has 0 radical (unpaired) electrons. The maximum Gasteiger partial charge on any atom is 0.123 e. The lowest BCUT2D eigenvalue weighted by Gasteiger charge is -2.07. The van der Waals surface area contributed by atoms with Crippen LogP contribution in [0.25, 0.3) is 0 Å². The molecule has 19 heavy (non-hydrogen) atoms. The number of halogens is 1. The second-order valence-electron chi connectivity index (χ2n) is 3.96. The molecule has 0 saturated carbocycles. The molecule has 0 spiro atoms. The first kappa shape index (κ1) is 13.9. The third-order valence-electron chi connectivity index (χ3n) is 2.55. The fourth-order valence-corrected chi connectivity index (χ4v) is 2.27. The lowest BCUT2D eigenvalue weighted by molar-refractivity contribution is 0.487. The molecule has 0 aliphatic rings. The van der Waals surface area contributed by atoms with Crippen molar-refractivity contribution >= 4 is 29.1 Å². The van der Waals surface area contributed by atoms with E-state index in [2.05, 4.69) is 11.4 Å². The minimum atomic E-state index is 0.545. The SMILES string of the molecule is CSCc1ccc(CNc2cc(C#N)ccc2Cl)o1. The van der Waals surface area contributed by atoms with Gasteiger partial charge < -0.3 is 9.73 Å². The monoisotopic (exact) mass is 292 g/mol. The largest absolute Gasteiger partial charge is 0.463 e. The van der Waals surface area contributed by atoms with Gasteiger partial charge in [0, 0.05) is 0 Å². The van der Waals surface area contributed by atoms with Crippen molar-refractivity contribution in [3.05, 3.63) is 52.4 Å². The van der Waals surface area contributed by atoms with Gasteiger partial charge in [0.2, 0.25) is 0 Å². The number of nitrogens with zero attached hydrogens (tertiary/aromatic N) is 1. The Kier molecular flexibility index (Phi) is 4.78. The van der Waals surface area contributed by atoms with E-state index in [1.807, 2.05) is 18.4 Å². The highest BCUT2D eigenvalue weighted by molar-refractivity contribution is 7.97. The van der Waals surface area contributed by atoms with E-state index in [-0.39, 0.29) is 0 Å². The summed E-state index contributed by atoms with van der Waals surface area (Å²) in [7, 11) is 0.